The fourth-order valence-electron chi connectivity index (χ4n) is 2.20. The zero-order valence-electron chi connectivity index (χ0n) is 9.41. The topological polar surface area (TPSA) is 26.3 Å². The fraction of sp³-hybridized carbons (Fsp3) is 0.909. The minimum atomic E-state index is -0.00422. The molecule has 0 atom stereocenters. The molecule has 0 aromatic rings. The van der Waals surface area contributed by atoms with E-state index in [0.717, 1.165) is 18.8 Å². The van der Waals surface area contributed by atoms with Crippen LogP contribution in [0.4, 0.5) is 0 Å². The Morgan fingerprint density at radius 1 is 1.29 bits per heavy atom. The van der Waals surface area contributed by atoms with Gasteiger partial charge in [0.2, 0.25) is 0 Å². The van der Waals surface area contributed by atoms with Crippen LogP contribution in [0.3, 0.4) is 0 Å². The molecule has 82 valence electrons. The molecule has 0 N–H and O–H groups in total. The summed E-state index contributed by atoms with van der Waals surface area (Å²) in [6, 6.07) is 0. The maximum absolute atomic E-state index is 11.3. The van der Waals surface area contributed by atoms with Gasteiger partial charge in [0.15, 0.2) is 0 Å². The largest absolute Gasteiger partial charge is 0.469 e. The molecule has 1 rings (SSSR count). The van der Waals surface area contributed by atoms with E-state index < -0.39 is 0 Å². The average molecular weight is 217 g/mol. The molecule has 0 aliphatic heterocycles. The molecule has 1 aliphatic rings. The third-order valence-corrected chi connectivity index (χ3v) is 4.09. The number of hydrogen-bond acceptors (Lipinski definition) is 2. The predicted octanol–water partition coefficient (Wildman–Crippen LogP) is 1.84. The monoisotopic (exact) mass is 217 g/mol. The van der Waals surface area contributed by atoms with E-state index in [1.165, 1.54) is 25.7 Å². The first kappa shape index (κ1) is 11.9. The van der Waals surface area contributed by atoms with Gasteiger partial charge < -0.3 is 4.74 Å². The summed E-state index contributed by atoms with van der Waals surface area (Å²) in [6.45, 7) is 0. The van der Waals surface area contributed by atoms with E-state index in [-0.39, 0.29) is 11.9 Å². The lowest BCUT2D eigenvalue weighted by molar-refractivity contribution is -0.146. The maximum Gasteiger partial charge on any atom is 0.308 e. The van der Waals surface area contributed by atoms with E-state index in [4.69, 9.17) is 4.74 Å². The SMILES string of the molecule is COC(=O)C1CCC(C[S+](C)C)CC1. The van der Waals surface area contributed by atoms with Gasteiger partial charge in [0.25, 0.3) is 0 Å². The van der Waals surface area contributed by atoms with Crippen molar-refractivity contribution in [2.75, 3.05) is 25.4 Å². The second kappa shape index (κ2) is 5.64. The molecule has 1 aliphatic carbocycles. The lowest BCUT2D eigenvalue weighted by atomic mass is 9.83. The van der Waals surface area contributed by atoms with Crippen LogP contribution in [0.2, 0.25) is 0 Å². The molecule has 3 heteroatoms. The first-order valence-corrected chi connectivity index (χ1v) is 7.46. The Morgan fingerprint density at radius 3 is 2.29 bits per heavy atom. The number of ether oxygens (including phenoxy) is 1. The highest BCUT2D eigenvalue weighted by Crippen LogP contribution is 2.30. The van der Waals surface area contributed by atoms with Crippen LogP contribution in [0.5, 0.6) is 0 Å². The van der Waals surface area contributed by atoms with E-state index in [9.17, 15) is 4.79 Å². The van der Waals surface area contributed by atoms with Crippen molar-refractivity contribution >= 4 is 16.9 Å². The standard InChI is InChI=1S/C11H21O2S/c1-13-11(12)10-6-4-9(5-7-10)8-14(2)3/h9-10H,4-8H2,1-3H3/q+1. The number of esters is 1. The van der Waals surface area contributed by atoms with Crippen molar-refractivity contribution in [3.63, 3.8) is 0 Å². The Labute approximate surface area is 89.7 Å². The van der Waals surface area contributed by atoms with Crippen molar-refractivity contribution in [2.45, 2.75) is 25.7 Å². The fourth-order valence-corrected chi connectivity index (χ4v) is 3.48. The molecule has 1 fully saturated rings. The average Bonchev–Trinajstić information content (AvgIpc) is 2.17. The molecule has 0 bridgehead atoms. The molecule has 0 spiro atoms. The Bertz CT molecular complexity index is 184. The Morgan fingerprint density at radius 2 is 1.86 bits per heavy atom. The number of hydrogen-bond donors (Lipinski definition) is 0. The number of carbonyl (C=O) groups is 1. The van der Waals surface area contributed by atoms with Crippen LogP contribution in [-0.4, -0.2) is 31.3 Å². The maximum atomic E-state index is 11.3. The van der Waals surface area contributed by atoms with Crippen molar-refractivity contribution < 1.29 is 9.53 Å². The molecule has 0 radical (unpaired) electrons. The summed E-state index contributed by atoms with van der Waals surface area (Å²) in [5, 5.41) is 0. The molecule has 2 nitrogen and oxygen atoms in total. The van der Waals surface area contributed by atoms with Gasteiger partial charge in [-0.25, -0.2) is 0 Å². The van der Waals surface area contributed by atoms with E-state index in [1.54, 1.807) is 0 Å². The van der Waals surface area contributed by atoms with Gasteiger partial charge in [0, 0.05) is 5.92 Å². The summed E-state index contributed by atoms with van der Waals surface area (Å²) in [7, 11) is 2.04. The number of methoxy groups -OCH3 is 1. The molecular formula is C11H21O2S+. The van der Waals surface area contributed by atoms with Gasteiger partial charge in [-0.15, -0.1) is 0 Å². The normalized spacial score (nSPS) is 27.7. The van der Waals surface area contributed by atoms with Crippen LogP contribution < -0.4 is 0 Å². The summed E-state index contributed by atoms with van der Waals surface area (Å²) in [4.78, 5) is 11.3. The minimum absolute atomic E-state index is 0.00422. The van der Waals surface area contributed by atoms with Crippen LogP contribution in [-0.2, 0) is 20.4 Å². The second-order valence-electron chi connectivity index (χ2n) is 4.39. The van der Waals surface area contributed by atoms with Crippen LogP contribution in [0.25, 0.3) is 0 Å². The molecule has 0 amide bonds. The van der Waals surface area contributed by atoms with Crippen molar-refractivity contribution in [1.29, 1.82) is 0 Å². The first-order valence-electron chi connectivity index (χ1n) is 5.25. The first-order chi connectivity index (χ1) is 6.63. The smallest absolute Gasteiger partial charge is 0.308 e. The molecule has 0 heterocycles. The molecule has 1 saturated carbocycles. The van der Waals surface area contributed by atoms with Gasteiger partial charge in [-0.2, -0.15) is 0 Å². The molecule has 0 aromatic heterocycles. The Kier molecular flexibility index (Phi) is 4.79. The summed E-state index contributed by atoms with van der Waals surface area (Å²) in [5.41, 5.74) is 0. The van der Waals surface area contributed by atoms with Crippen LogP contribution in [0.1, 0.15) is 25.7 Å². The van der Waals surface area contributed by atoms with Gasteiger partial charge >= 0.3 is 5.97 Å². The van der Waals surface area contributed by atoms with Crippen LogP contribution in [0.15, 0.2) is 0 Å². The van der Waals surface area contributed by atoms with Gasteiger partial charge in [0.1, 0.15) is 5.75 Å². The van der Waals surface area contributed by atoms with Crippen molar-refractivity contribution in [2.24, 2.45) is 11.8 Å². The van der Waals surface area contributed by atoms with Crippen LogP contribution >= 0.6 is 0 Å². The van der Waals surface area contributed by atoms with Crippen molar-refractivity contribution in [3.8, 4) is 0 Å². The van der Waals surface area contributed by atoms with Gasteiger partial charge in [-0.3, -0.25) is 4.79 Å². The van der Waals surface area contributed by atoms with E-state index in [2.05, 4.69) is 12.5 Å². The predicted molar refractivity (Wildman–Crippen MR) is 61.5 cm³/mol. The van der Waals surface area contributed by atoms with Crippen molar-refractivity contribution in [1.82, 2.24) is 0 Å². The summed E-state index contributed by atoms with van der Waals surface area (Å²) < 4.78 is 4.77. The molecule has 0 saturated heterocycles. The van der Waals surface area contributed by atoms with Gasteiger partial charge in [-0.05, 0) is 36.6 Å². The van der Waals surface area contributed by atoms with E-state index in [1.807, 2.05) is 0 Å². The van der Waals surface area contributed by atoms with Crippen molar-refractivity contribution in [3.05, 3.63) is 0 Å². The zero-order chi connectivity index (χ0) is 10.6. The summed E-state index contributed by atoms with van der Waals surface area (Å²) in [5.74, 6) is 2.38. The lowest BCUT2D eigenvalue weighted by Crippen LogP contribution is -2.26. The Balaban J connectivity index is 2.27. The van der Waals surface area contributed by atoms with E-state index >= 15 is 0 Å². The second-order valence-corrected chi connectivity index (χ2v) is 6.70. The number of rotatable bonds is 3. The zero-order valence-corrected chi connectivity index (χ0v) is 10.2. The third kappa shape index (κ3) is 3.52. The van der Waals surface area contributed by atoms with Gasteiger partial charge in [0.05, 0.1) is 25.5 Å². The van der Waals surface area contributed by atoms with Gasteiger partial charge in [-0.1, -0.05) is 0 Å². The summed E-state index contributed by atoms with van der Waals surface area (Å²) in [6.07, 6.45) is 9.10. The minimum Gasteiger partial charge on any atom is -0.469 e. The molecule has 0 unspecified atom stereocenters. The molecular weight excluding hydrogens is 196 g/mol. The van der Waals surface area contributed by atoms with Crippen LogP contribution in [0, 0.1) is 11.8 Å². The highest BCUT2D eigenvalue weighted by molar-refractivity contribution is 7.95. The molecule has 0 aromatic carbocycles. The number of carbonyl (C=O) groups excluding carboxylic acids is 1. The Hall–Kier alpha value is -0.180. The third-order valence-electron chi connectivity index (χ3n) is 2.95. The highest BCUT2D eigenvalue weighted by Gasteiger charge is 2.28. The highest BCUT2D eigenvalue weighted by atomic mass is 32.2. The quantitative estimate of drug-likeness (QED) is 0.532. The lowest BCUT2D eigenvalue weighted by Gasteiger charge is -2.25. The summed E-state index contributed by atoms with van der Waals surface area (Å²) >= 11 is 0. The van der Waals surface area contributed by atoms with E-state index in [0.29, 0.717) is 10.9 Å². The molecule has 14 heavy (non-hydrogen) atoms.